The van der Waals surface area contributed by atoms with Gasteiger partial charge in [-0.3, -0.25) is 9.59 Å². The standard InChI is InChI=1S/C21H23N5O3/c1-12-16(21(28)25-13(2)24-12)8-19(27)26-9-17(20-18(10-26)22-11-23-20)14-5-4-6-15(7-14)29-3/h4-7,11,17H,8-10H2,1-3H3,(H,22,23)(H,24,25,28). The third-order valence-electron chi connectivity index (χ3n) is 5.35. The van der Waals surface area contributed by atoms with E-state index in [4.69, 9.17) is 4.74 Å². The molecule has 0 aliphatic carbocycles. The highest BCUT2D eigenvalue weighted by atomic mass is 16.5. The third kappa shape index (κ3) is 3.65. The van der Waals surface area contributed by atoms with E-state index in [2.05, 4.69) is 19.9 Å². The highest BCUT2D eigenvalue weighted by Gasteiger charge is 2.32. The predicted octanol–water partition coefficient (Wildman–Crippen LogP) is 1.84. The Balaban J connectivity index is 1.63. The van der Waals surface area contributed by atoms with Crippen LogP contribution in [-0.4, -0.2) is 44.4 Å². The zero-order chi connectivity index (χ0) is 20.5. The number of ether oxygens (including phenoxy) is 1. The molecule has 1 aliphatic rings. The Morgan fingerprint density at radius 2 is 2.17 bits per heavy atom. The summed E-state index contributed by atoms with van der Waals surface area (Å²) >= 11 is 0. The van der Waals surface area contributed by atoms with Gasteiger partial charge in [0, 0.05) is 23.7 Å². The van der Waals surface area contributed by atoms with Crippen molar-refractivity contribution < 1.29 is 9.53 Å². The molecule has 1 aromatic carbocycles. The second kappa shape index (κ2) is 7.54. The van der Waals surface area contributed by atoms with Crippen molar-refractivity contribution in [2.24, 2.45) is 0 Å². The van der Waals surface area contributed by atoms with Gasteiger partial charge in [0.05, 0.1) is 37.8 Å². The first kappa shape index (κ1) is 18.9. The Kier molecular flexibility index (Phi) is 4.92. The molecule has 8 nitrogen and oxygen atoms in total. The number of carbonyl (C=O) groups is 1. The number of H-pyrrole nitrogens is 2. The first-order chi connectivity index (χ1) is 14.0. The van der Waals surface area contributed by atoms with Crippen LogP contribution in [0.3, 0.4) is 0 Å². The van der Waals surface area contributed by atoms with Gasteiger partial charge in [-0.05, 0) is 31.5 Å². The Bertz CT molecular complexity index is 1120. The van der Waals surface area contributed by atoms with Crippen molar-refractivity contribution in [2.75, 3.05) is 13.7 Å². The average molecular weight is 393 g/mol. The second-order valence-corrected chi connectivity index (χ2v) is 7.26. The largest absolute Gasteiger partial charge is 0.497 e. The average Bonchev–Trinajstić information content (AvgIpc) is 3.18. The quantitative estimate of drug-likeness (QED) is 0.704. The zero-order valence-corrected chi connectivity index (χ0v) is 16.7. The van der Waals surface area contributed by atoms with Crippen LogP contribution in [0.4, 0.5) is 0 Å². The van der Waals surface area contributed by atoms with E-state index < -0.39 is 0 Å². The molecule has 1 aliphatic heterocycles. The van der Waals surface area contributed by atoms with Gasteiger partial charge in [0.15, 0.2) is 0 Å². The summed E-state index contributed by atoms with van der Waals surface area (Å²) in [5.74, 6) is 1.12. The van der Waals surface area contributed by atoms with E-state index in [1.807, 2.05) is 24.3 Å². The molecular weight excluding hydrogens is 370 g/mol. The summed E-state index contributed by atoms with van der Waals surface area (Å²) in [7, 11) is 1.63. The second-order valence-electron chi connectivity index (χ2n) is 7.26. The number of hydrogen-bond acceptors (Lipinski definition) is 5. The first-order valence-corrected chi connectivity index (χ1v) is 9.46. The summed E-state index contributed by atoms with van der Waals surface area (Å²) in [6.07, 6.45) is 1.67. The number of benzene rings is 1. The lowest BCUT2D eigenvalue weighted by molar-refractivity contribution is -0.131. The number of amides is 1. The predicted molar refractivity (Wildman–Crippen MR) is 107 cm³/mol. The maximum Gasteiger partial charge on any atom is 0.254 e. The molecule has 2 aromatic heterocycles. The molecule has 1 atom stereocenters. The van der Waals surface area contributed by atoms with Crippen molar-refractivity contribution in [1.29, 1.82) is 0 Å². The minimum Gasteiger partial charge on any atom is -0.497 e. The number of nitrogens with one attached hydrogen (secondary N) is 2. The number of fused-ring (bicyclic) bond motifs is 1. The Morgan fingerprint density at radius 1 is 1.34 bits per heavy atom. The van der Waals surface area contributed by atoms with Crippen molar-refractivity contribution in [1.82, 2.24) is 24.8 Å². The summed E-state index contributed by atoms with van der Waals surface area (Å²) in [5, 5.41) is 0. The van der Waals surface area contributed by atoms with Crippen LogP contribution >= 0.6 is 0 Å². The van der Waals surface area contributed by atoms with Gasteiger partial charge in [0.25, 0.3) is 5.56 Å². The van der Waals surface area contributed by atoms with Crippen LogP contribution in [0.1, 0.15) is 40.0 Å². The molecule has 29 heavy (non-hydrogen) atoms. The Labute approximate surface area is 168 Å². The minimum atomic E-state index is -0.257. The van der Waals surface area contributed by atoms with Crippen molar-refractivity contribution in [3.8, 4) is 5.75 Å². The maximum absolute atomic E-state index is 13.1. The molecule has 4 rings (SSSR count). The van der Waals surface area contributed by atoms with E-state index in [0.29, 0.717) is 30.2 Å². The number of imidazole rings is 1. The normalized spacial score (nSPS) is 15.8. The van der Waals surface area contributed by atoms with Crippen molar-refractivity contribution in [3.63, 3.8) is 0 Å². The molecule has 0 saturated heterocycles. The molecule has 3 aromatic rings. The van der Waals surface area contributed by atoms with Gasteiger partial charge in [-0.25, -0.2) is 9.97 Å². The number of aromatic amines is 2. The van der Waals surface area contributed by atoms with Crippen molar-refractivity contribution in [2.45, 2.75) is 32.7 Å². The molecule has 0 fully saturated rings. The van der Waals surface area contributed by atoms with Gasteiger partial charge >= 0.3 is 0 Å². The fourth-order valence-electron chi connectivity index (χ4n) is 3.85. The topological polar surface area (TPSA) is 104 Å². The van der Waals surface area contributed by atoms with Crippen molar-refractivity contribution >= 4 is 5.91 Å². The lowest BCUT2D eigenvalue weighted by Gasteiger charge is -2.32. The summed E-state index contributed by atoms with van der Waals surface area (Å²) in [4.78, 5) is 41.7. The molecule has 0 radical (unpaired) electrons. The number of hydrogen-bond donors (Lipinski definition) is 2. The first-order valence-electron chi connectivity index (χ1n) is 9.46. The number of nitrogens with zero attached hydrogens (tertiary/aromatic N) is 3. The highest BCUT2D eigenvalue weighted by molar-refractivity contribution is 5.79. The molecule has 3 heterocycles. The number of aryl methyl sites for hydroxylation is 2. The molecule has 150 valence electrons. The van der Waals surface area contributed by atoms with Crippen LogP contribution < -0.4 is 10.3 Å². The monoisotopic (exact) mass is 393 g/mol. The van der Waals surface area contributed by atoms with E-state index in [9.17, 15) is 9.59 Å². The molecule has 1 unspecified atom stereocenters. The van der Waals surface area contributed by atoms with Gasteiger partial charge < -0.3 is 19.6 Å². The van der Waals surface area contributed by atoms with E-state index in [1.54, 1.807) is 32.2 Å². The lowest BCUT2D eigenvalue weighted by Crippen LogP contribution is -2.40. The zero-order valence-electron chi connectivity index (χ0n) is 16.7. The van der Waals surface area contributed by atoms with Crippen molar-refractivity contribution in [3.05, 3.63) is 75.0 Å². The van der Waals surface area contributed by atoms with Gasteiger partial charge in [-0.2, -0.15) is 0 Å². The van der Waals surface area contributed by atoms with E-state index in [1.165, 1.54) is 0 Å². The van der Waals surface area contributed by atoms with E-state index in [0.717, 1.165) is 22.7 Å². The summed E-state index contributed by atoms with van der Waals surface area (Å²) in [6, 6.07) is 7.80. The SMILES string of the molecule is COc1cccc(C2CN(C(=O)Cc3c(C)nc(C)[nH]c3=O)Cc3[nH]cnc32)c1. The molecule has 8 heteroatoms. The highest BCUT2D eigenvalue weighted by Crippen LogP contribution is 2.33. The van der Waals surface area contributed by atoms with Crippen LogP contribution in [0.5, 0.6) is 5.75 Å². The van der Waals surface area contributed by atoms with Gasteiger partial charge in [-0.1, -0.05) is 12.1 Å². The van der Waals surface area contributed by atoms with Crippen LogP contribution in [0.25, 0.3) is 0 Å². The molecule has 1 amide bonds. The maximum atomic E-state index is 13.1. The Hall–Kier alpha value is -3.42. The fraction of sp³-hybridized carbons (Fsp3) is 0.333. The smallest absolute Gasteiger partial charge is 0.254 e. The summed E-state index contributed by atoms with van der Waals surface area (Å²) < 4.78 is 5.35. The van der Waals surface area contributed by atoms with E-state index in [-0.39, 0.29) is 23.8 Å². The third-order valence-corrected chi connectivity index (χ3v) is 5.35. The Morgan fingerprint density at radius 3 is 2.93 bits per heavy atom. The summed E-state index contributed by atoms with van der Waals surface area (Å²) in [5.41, 5.74) is 3.61. The summed E-state index contributed by atoms with van der Waals surface area (Å²) in [6.45, 7) is 4.40. The van der Waals surface area contributed by atoms with Crippen LogP contribution in [0.2, 0.25) is 0 Å². The fourth-order valence-corrected chi connectivity index (χ4v) is 3.85. The van der Waals surface area contributed by atoms with Crippen LogP contribution in [0, 0.1) is 13.8 Å². The molecule has 0 bridgehead atoms. The molecular formula is C21H23N5O3. The minimum absolute atomic E-state index is 0.0166. The van der Waals surface area contributed by atoms with Gasteiger partial charge in [-0.15, -0.1) is 0 Å². The molecule has 0 saturated carbocycles. The van der Waals surface area contributed by atoms with Crippen LogP contribution in [-0.2, 0) is 17.8 Å². The molecule has 2 N–H and O–H groups in total. The number of rotatable bonds is 4. The van der Waals surface area contributed by atoms with E-state index >= 15 is 0 Å². The molecule has 0 spiro atoms. The lowest BCUT2D eigenvalue weighted by atomic mass is 9.90. The van der Waals surface area contributed by atoms with Crippen LogP contribution in [0.15, 0.2) is 35.4 Å². The van der Waals surface area contributed by atoms with Gasteiger partial charge in [0.2, 0.25) is 5.91 Å². The van der Waals surface area contributed by atoms with Gasteiger partial charge in [0.1, 0.15) is 11.6 Å². The number of methoxy groups -OCH3 is 1. The number of aromatic nitrogens is 4. The number of carbonyl (C=O) groups excluding carboxylic acids is 1.